The Kier molecular flexibility index (Phi) is 9.48. The Morgan fingerprint density at radius 1 is 0.870 bits per heavy atom. The van der Waals surface area contributed by atoms with Gasteiger partial charge in [-0.2, -0.15) is 0 Å². The normalized spacial score (nSPS) is 14.7. The fourth-order valence-corrected chi connectivity index (χ4v) is 2.48. The molecule has 2 atom stereocenters. The Morgan fingerprint density at radius 3 is 1.78 bits per heavy atom. The van der Waals surface area contributed by atoms with Crippen LogP contribution >= 0.6 is 0 Å². The smallest absolute Gasteiger partial charge is 0.309 e. The molecular weight excluding hydrogens is 292 g/mol. The second-order valence-electron chi connectivity index (χ2n) is 8.65. The van der Waals surface area contributed by atoms with E-state index in [1.54, 1.807) is 0 Å². The van der Waals surface area contributed by atoms with Crippen molar-refractivity contribution < 1.29 is 19.1 Å². The molecule has 0 aliphatic rings. The third-order valence-corrected chi connectivity index (χ3v) is 3.45. The van der Waals surface area contributed by atoms with Crippen LogP contribution in [-0.2, 0) is 19.1 Å². The molecule has 4 heteroatoms. The summed E-state index contributed by atoms with van der Waals surface area (Å²) in [7, 11) is 0. The quantitative estimate of drug-likeness (QED) is 0.586. The lowest BCUT2D eigenvalue weighted by atomic mass is 9.78. The van der Waals surface area contributed by atoms with Crippen molar-refractivity contribution in [2.24, 2.45) is 29.1 Å². The average Bonchev–Trinajstić information content (AvgIpc) is 2.37. The van der Waals surface area contributed by atoms with Crippen molar-refractivity contribution in [1.82, 2.24) is 0 Å². The van der Waals surface area contributed by atoms with Crippen LogP contribution in [0.3, 0.4) is 0 Å². The number of hydrogen-bond acceptors (Lipinski definition) is 4. The van der Waals surface area contributed by atoms with Crippen molar-refractivity contribution in [3.05, 3.63) is 0 Å². The van der Waals surface area contributed by atoms with Gasteiger partial charge in [0.1, 0.15) is 0 Å². The van der Waals surface area contributed by atoms with E-state index in [4.69, 9.17) is 9.47 Å². The number of rotatable bonds is 9. The fourth-order valence-electron chi connectivity index (χ4n) is 2.48. The average molecular weight is 328 g/mol. The zero-order valence-corrected chi connectivity index (χ0v) is 16.3. The molecule has 0 aromatic heterocycles. The van der Waals surface area contributed by atoms with Gasteiger partial charge in [-0.3, -0.25) is 9.59 Å². The Labute approximate surface area is 142 Å². The van der Waals surface area contributed by atoms with Crippen LogP contribution in [0.2, 0.25) is 0 Å². The van der Waals surface area contributed by atoms with Gasteiger partial charge in [0.2, 0.25) is 0 Å². The van der Waals surface area contributed by atoms with Crippen LogP contribution in [0.5, 0.6) is 0 Å². The maximum Gasteiger partial charge on any atom is 0.309 e. The maximum absolute atomic E-state index is 12.4. The van der Waals surface area contributed by atoms with Gasteiger partial charge in [-0.15, -0.1) is 0 Å². The standard InChI is InChI=1S/C19H36O4/c1-13(2)11-22-17(20)9-16(15(5)10-19(6,7)8)18(21)23-12-14(3)4/h13-16H,9-12H2,1-8H3. The molecule has 2 unspecified atom stereocenters. The van der Waals surface area contributed by atoms with Crippen molar-refractivity contribution in [2.45, 2.75) is 68.2 Å². The molecule has 0 bridgehead atoms. The summed E-state index contributed by atoms with van der Waals surface area (Å²) in [5, 5.41) is 0. The Bertz CT molecular complexity index is 366. The van der Waals surface area contributed by atoms with Gasteiger partial charge in [-0.05, 0) is 29.6 Å². The lowest BCUT2D eigenvalue weighted by Crippen LogP contribution is -2.31. The summed E-state index contributed by atoms with van der Waals surface area (Å²) in [6, 6.07) is 0. The van der Waals surface area contributed by atoms with Gasteiger partial charge in [-0.25, -0.2) is 0 Å². The lowest BCUT2D eigenvalue weighted by Gasteiger charge is -2.28. The molecule has 0 aliphatic heterocycles. The summed E-state index contributed by atoms with van der Waals surface area (Å²) >= 11 is 0. The van der Waals surface area contributed by atoms with Gasteiger partial charge in [0.25, 0.3) is 0 Å². The first-order valence-electron chi connectivity index (χ1n) is 8.74. The number of esters is 2. The minimum Gasteiger partial charge on any atom is -0.465 e. The number of ether oxygens (including phenoxy) is 2. The first-order chi connectivity index (χ1) is 10.4. The first kappa shape index (κ1) is 21.9. The molecule has 0 spiro atoms. The van der Waals surface area contributed by atoms with E-state index < -0.39 is 5.92 Å². The molecule has 136 valence electrons. The second-order valence-corrected chi connectivity index (χ2v) is 8.65. The number of carbonyl (C=O) groups excluding carboxylic acids is 2. The molecule has 4 nitrogen and oxygen atoms in total. The number of carbonyl (C=O) groups is 2. The molecule has 0 N–H and O–H groups in total. The molecule has 0 saturated heterocycles. The third-order valence-electron chi connectivity index (χ3n) is 3.45. The van der Waals surface area contributed by atoms with Crippen molar-refractivity contribution in [2.75, 3.05) is 13.2 Å². The first-order valence-corrected chi connectivity index (χ1v) is 8.74. The summed E-state index contributed by atoms with van der Waals surface area (Å²) in [5.74, 6) is -0.389. The molecule has 23 heavy (non-hydrogen) atoms. The summed E-state index contributed by atoms with van der Waals surface area (Å²) in [4.78, 5) is 24.5. The van der Waals surface area contributed by atoms with E-state index in [1.807, 2.05) is 34.6 Å². The second kappa shape index (κ2) is 9.94. The summed E-state index contributed by atoms with van der Waals surface area (Å²) in [6.07, 6.45) is 0.951. The predicted molar refractivity (Wildman–Crippen MR) is 92.9 cm³/mol. The zero-order chi connectivity index (χ0) is 18.2. The largest absolute Gasteiger partial charge is 0.465 e. The fraction of sp³-hybridized carbons (Fsp3) is 0.895. The summed E-state index contributed by atoms with van der Waals surface area (Å²) in [5.41, 5.74) is 0.0951. The van der Waals surface area contributed by atoms with Gasteiger partial charge >= 0.3 is 11.9 Å². The molecule has 0 radical (unpaired) electrons. The van der Waals surface area contributed by atoms with E-state index in [9.17, 15) is 9.59 Å². The van der Waals surface area contributed by atoms with Crippen LogP contribution in [0, 0.1) is 29.1 Å². The minimum absolute atomic E-state index is 0.0706. The number of hydrogen-bond donors (Lipinski definition) is 0. The van der Waals surface area contributed by atoms with Crippen LogP contribution in [0.1, 0.15) is 68.2 Å². The van der Waals surface area contributed by atoms with Crippen molar-refractivity contribution >= 4 is 11.9 Å². The minimum atomic E-state index is -0.437. The van der Waals surface area contributed by atoms with Gasteiger partial charge in [0.05, 0.1) is 25.6 Å². The Morgan fingerprint density at radius 2 is 1.35 bits per heavy atom. The van der Waals surface area contributed by atoms with E-state index in [0.29, 0.717) is 13.2 Å². The van der Waals surface area contributed by atoms with E-state index in [0.717, 1.165) is 6.42 Å². The van der Waals surface area contributed by atoms with Crippen LogP contribution in [0.4, 0.5) is 0 Å². The predicted octanol–water partition coefficient (Wildman–Crippen LogP) is 4.46. The van der Waals surface area contributed by atoms with Crippen LogP contribution in [-0.4, -0.2) is 25.2 Å². The van der Waals surface area contributed by atoms with Crippen LogP contribution in [0.25, 0.3) is 0 Å². The summed E-state index contributed by atoms with van der Waals surface area (Å²) < 4.78 is 10.6. The van der Waals surface area contributed by atoms with E-state index >= 15 is 0 Å². The zero-order valence-electron chi connectivity index (χ0n) is 16.3. The molecule has 0 aromatic rings. The van der Waals surface area contributed by atoms with Crippen molar-refractivity contribution in [3.63, 3.8) is 0 Å². The van der Waals surface area contributed by atoms with E-state index in [1.165, 1.54) is 0 Å². The maximum atomic E-state index is 12.4. The van der Waals surface area contributed by atoms with Crippen LogP contribution in [0.15, 0.2) is 0 Å². The van der Waals surface area contributed by atoms with Gasteiger partial charge in [0, 0.05) is 0 Å². The molecule has 0 amide bonds. The third kappa shape index (κ3) is 11.2. The summed E-state index contributed by atoms with van der Waals surface area (Å²) in [6.45, 7) is 17.2. The van der Waals surface area contributed by atoms with Gasteiger partial charge in [0.15, 0.2) is 0 Å². The Balaban J connectivity index is 4.84. The van der Waals surface area contributed by atoms with E-state index in [-0.39, 0.29) is 41.5 Å². The highest BCUT2D eigenvalue weighted by Gasteiger charge is 2.32. The lowest BCUT2D eigenvalue weighted by molar-refractivity contribution is -0.158. The van der Waals surface area contributed by atoms with E-state index in [2.05, 4.69) is 20.8 Å². The van der Waals surface area contributed by atoms with Crippen LogP contribution < -0.4 is 0 Å². The molecule has 0 fully saturated rings. The molecule has 0 aromatic carbocycles. The molecule has 0 aliphatic carbocycles. The Hall–Kier alpha value is -1.06. The van der Waals surface area contributed by atoms with Gasteiger partial charge < -0.3 is 9.47 Å². The van der Waals surface area contributed by atoms with Gasteiger partial charge in [-0.1, -0.05) is 55.4 Å². The monoisotopic (exact) mass is 328 g/mol. The highest BCUT2D eigenvalue weighted by Crippen LogP contribution is 2.31. The van der Waals surface area contributed by atoms with Crippen molar-refractivity contribution in [3.8, 4) is 0 Å². The van der Waals surface area contributed by atoms with Crippen molar-refractivity contribution in [1.29, 1.82) is 0 Å². The molecule has 0 saturated carbocycles. The highest BCUT2D eigenvalue weighted by molar-refractivity contribution is 5.80. The molecule has 0 heterocycles. The molecule has 0 rings (SSSR count). The highest BCUT2D eigenvalue weighted by atomic mass is 16.5. The SMILES string of the molecule is CC(C)COC(=O)CC(C(=O)OCC(C)C)C(C)CC(C)(C)C. The molecular formula is C19H36O4. The topological polar surface area (TPSA) is 52.6 Å².